The summed E-state index contributed by atoms with van der Waals surface area (Å²) in [5.41, 5.74) is 0.847. The molecule has 0 aromatic heterocycles. The van der Waals surface area contributed by atoms with Crippen LogP contribution < -0.4 is 0 Å². The maximum absolute atomic E-state index is 9.37. The summed E-state index contributed by atoms with van der Waals surface area (Å²) in [6.07, 6.45) is 0. The van der Waals surface area contributed by atoms with Gasteiger partial charge in [0.05, 0.1) is 0 Å². The predicted molar refractivity (Wildman–Crippen MR) is 26.8 cm³/mol. The lowest BCUT2D eigenvalue weighted by molar-refractivity contribution is 0.570. The molecule has 6 heavy (non-hydrogen) atoms. The fourth-order valence-corrected chi connectivity index (χ4v) is 0.204. The van der Waals surface area contributed by atoms with Gasteiger partial charge >= 0.3 is 0 Å². The number of carbonyl (C=O) groups excluding carboxylic acids is 1. The highest BCUT2D eigenvalue weighted by Gasteiger charge is 1.66. The average Bonchev–Trinajstić information content (AvgIpc) is 1.41. The Balaban J connectivity index is 0. The molecule has 0 amide bonds. The fourth-order valence-electron chi connectivity index (χ4n) is 0.0680. The minimum atomic E-state index is 0. The molecular weight excluding hydrogens is 100 g/mol. The van der Waals surface area contributed by atoms with Gasteiger partial charge in [-0.2, -0.15) is 0 Å². The van der Waals surface area contributed by atoms with Crippen LogP contribution in [0.15, 0.2) is 0 Å². The highest BCUT2D eigenvalue weighted by Crippen LogP contribution is 1.86. The standard InChI is InChI=1S/C3H6OS.HO/c1-2-5-3-4;/h3H,2H2,1H3;1H. The van der Waals surface area contributed by atoms with Crippen LogP contribution in [0.2, 0.25) is 0 Å². The van der Waals surface area contributed by atoms with Crippen LogP contribution in [0.25, 0.3) is 0 Å². The van der Waals surface area contributed by atoms with Crippen molar-refractivity contribution in [1.82, 2.24) is 0 Å². The van der Waals surface area contributed by atoms with Gasteiger partial charge < -0.3 is 0 Å². The summed E-state index contributed by atoms with van der Waals surface area (Å²) < 4.78 is 0. The van der Waals surface area contributed by atoms with E-state index < -0.39 is 0 Å². The molecular formula is C3H7O2S. The number of thioether (sulfide) groups is 1. The van der Waals surface area contributed by atoms with E-state index in [1.54, 1.807) is 0 Å². The lowest BCUT2D eigenvalue weighted by Gasteiger charge is -1.69. The van der Waals surface area contributed by atoms with Gasteiger partial charge in [-0.25, -0.2) is 0 Å². The van der Waals surface area contributed by atoms with Crippen molar-refractivity contribution in [2.45, 2.75) is 6.92 Å². The van der Waals surface area contributed by atoms with Gasteiger partial charge in [0.2, 0.25) is 0 Å². The van der Waals surface area contributed by atoms with Crippen LogP contribution in [0.1, 0.15) is 6.92 Å². The highest BCUT2D eigenvalue weighted by atomic mass is 32.2. The second kappa shape index (κ2) is 8.88. The Kier molecular flexibility index (Phi) is 13.9. The Morgan fingerprint density at radius 3 is 2.33 bits per heavy atom. The first-order chi connectivity index (χ1) is 2.41. The van der Waals surface area contributed by atoms with E-state index in [0.717, 1.165) is 11.4 Å². The zero-order valence-corrected chi connectivity index (χ0v) is 4.36. The maximum atomic E-state index is 9.37. The third kappa shape index (κ3) is 9.02. The molecule has 0 heterocycles. The van der Waals surface area contributed by atoms with Crippen molar-refractivity contribution in [3.8, 4) is 0 Å². The van der Waals surface area contributed by atoms with Crippen LogP contribution >= 0.6 is 11.8 Å². The normalized spacial score (nSPS) is 6.17. The van der Waals surface area contributed by atoms with Gasteiger partial charge in [-0.3, -0.25) is 10.3 Å². The minimum absolute atomic E-state index is 0. The summed E-state index contributed by atoms with van der Waals surface area (Å²) in [6, 6.07) is 0. The van der Waals surface area contributed by atoms with Crippen molar-refractivity contribution in [1.29, 1.82) is 0 Å². The molecule has 2 nitrogen and oxygen atoms in total. The fraction of sp³-hybridized carbons (Fsp3) is 0.667. The molecule has 0 unspecified atom stereocenters. The lowest BCUT2D eigenvalue weighted by atomic mass is 11.0. The minimum Gasteiger partial charge on any atom is -0.291 e. The zero-order chi connectivity index (χ0) is 4.12. The smallest absolute Gasteiger partial charge is 0.176 e. The summed E-state index contributed by atoms with van der Waals surface area (Å²) >= 11 is 1.28. The van der Waals surface area contributed by atoms with Crippen molar-refractivity contribution < 1.29 is 10.3 Å². The molecule has 0 fully saturated rings. The van der Waals surface area contributed by atoms with Gasteiger partial charge in [-0.05, 0) is 5.75 Å². The molecule has 0 saturated heterocycles. The van der Waals surface area contributed by atoms with E-state index >= 15 is 0 Å². The zero-order valence-electron chi connectivity index (χ0n) is 3.55. The highest BCUT2D eigenvalue weighted by molar-refractivity contribution is 8.11. The number of carbonyl (C=O) groups is 1. The maximum Gasteiger partial charge on any atom is 0.176 e. The molecule has 0 rings (SSSR count). The van der Waals surface area contributed by atoms with Gasteiger partial charge in [-0.1, -0.05) is 18.7 Å². The quantitative estimate of drug-likeness (QED) is 0.529. The third-order valence-corrected chi connectivity index (χ3v) is 0.704. The van der Waals surface area contributed by atoms with Crippen LogP contribution in [-0.4, -0.2) is 16.8 Å². The summed E-state index contributed by atoms with van der Waals surface area (Å²) in [5, 5.41) is 0. The first-order valence-electron chi connectivity index (χ1n) is 1.47. The van der Waals surface area contributed by atoms with Gasteiger partial charge in [0.15, 0.2) is 5.62 Å². The van der Waals surface area contributed by atoms with E-state index in [1.807, 2.05) is 6.92 Å². The van der Waals surface area contributed by atoms with Crippen LogP contribution in [0.4, 0.5) is 0 Å². The van der Waals surface area contributed by atoms with E-state index in [9.17, 15) is 4.79 Å². The monoisotopic (exact) mass is 107 g/mol. The van der Waals surface area contributed by atoms with Crippen molar-refractivity contribution >= 4 is 17.4 Å². The van der Waals surface area contributed by atoms with Gasteiger partial charge in [0.25, 0.3) is 0 Å². The molecule has 0 aliphatic heterocycles. The second-order valence-corrected chi connectivity index (χ2v) is 1.65. The molecule has 3 heteroatoms. The lowest BCUT2D eigenvalue weighted by Crippen LogP contribution is -1.60. The Bertz CT molecular complexity index is 30.0. The topological polar surface area (TPSA) is 47.1 Å². The molecule has 0 spiro atoms. The van der Waals surface area contributed by atoms with E-state index in [2.05, 4.69) is 0 Å². The van der Waals surface area contributed by atoms with Crippen LogP contribution in [0, 0.1) is 0 Å². The molecule has 0 bridgehead atoms. The third-order valence-electron chi connectivity index (χ3n) is 0.235. The number of hydrogen-bond donors (Lipinski definition) is 1. The summed E-state index contributed by atoms with van der Waals surface area (Å²) in [7, 11) is 0. The molecule has 0 atom stereocenters. The molecule has 1 radical (unpaired) electrons. The number of rotatable bonds is 2. The molecule has 1 N–H and O–H groups in total. The van der Waals surface area contributed by atoms with Crippen LogP contribution in [0.5, 0.6) is 0 Å². The molecule has 37 valence electrons. The van der Waals surface area contributed by atoms with Gasteiger partial charge in [0.1, 0.15) is 0 Å². The van der Waals surface area contributed by atoms with Crippen LogP contribution in [0.3, 0.4) is 0 Å². The van der Waals surface area contributed by atoms with E-state index in [0.29, 0.717) is 0 Å². The van der Waals surface area contributed by atoms with Crippen LogP contribution in [-0.2, 0) is 4.79 Å². The second-order valence-electron chi connectivity index (χ2n) is 0.552. The van der Waals surface area contributed by atoms with E-state index in [1.165, 1.54) is 11.8 Å². The molecule has 0 aromatic carbocycles. The van der Waals surface area contributed by atoms with Gasteiger partial charge in [0, 0.05) is 0 Å². The molecule has 0 aliphatic rings. The van der Waals surface area contributed by atoms with Crippen molar-refractivity contribution in [2.75, 3.05) is 5.75 Å². The first kappa shape index (κ1) is 9.36. The SMILES string of the molecule is CCSC=O.[OH]. The Morgan fingerprint density at radius 1 is 1.83 bits per heavy atom. The Morgan fingerprint density at radius 2 is 2.33 bits per heavy atom. The molecule has 0 saturated carbocycles. The Labute approximate surface area is 41.2 Å². The summed E-state index contributed by atoms with van der Waals surface area (Å²) in [5.74, 6) is 0.892. The first-order valence-corrected chi connectivity index (χ1v) is 2.52. The van der Waals surface area contributed by atoms with Crippen molar-refractivity contribution in [2.24, 2.45) is 0 Å². The van der Waals surface area contributed by atoms with Crippen molar-refractivity contribution in [3.05, 3.63) is 0 Å². The average molecular weight is 107 g/mol. The largest absolute Gasteiger partial charge is 0.291 e. The van der Waals surface area contributed by atoms with E-state index in [-0.39, 0.29) is 5.48 Å². The van der Waals surface area contributed by atoms with Crippen molar-refractivity contribution in [3.63, 3.8) is 0 Å². The summed E-state index contributed by atoms with van der Waals surface area (Å²) in [4.78, 5) is 9.37. The Hall–Kier alpha value is -0.0200. The van der Waals surface area contributed by atoms with Gasteiger partial charge in [-0.15, -0.1) is 0 Å². The molecule has 0 aromatic rings. The molecule has 0 aliphatic carbocycles. The predicted octanol–water partition coefficient (Wildman–Crippen LogP) is 0.753. The summed E-state index contributed by atoms with van der Waals surface area (Å²) in [6.45, 7) is 1.94. The number of hydrogen-bond acceptors (Lipinski definition) is 2. The van der Waals surface area contributed by atoms with E-state index in [4.69, 9.17) is 0 Å².